The summed E-state index contributed by atoms with van der Waals surface area (Å²) >= 11 is 0. The Labute approximate surface area is 95.6 Å². The van der Waals surface area contributed by atoms with Gasteiger partial charge in [0, 0.05) is 20.8 Å². The van der Waals surface area contributed by atoms with Gasteiger partial charge in [0.1, 0.15) is 0 Å². The molecule has 0 aliphatic rings. The van der Waals surface area contributed by atoms with Crippen molar-refractivity contribution in [2.24, 2.45) is 0 Å². The van der Waals surface area contributed by atoms with E-state index < -0.39 is 6.10 Å². The number of methoxy groups -OCH3 is 2. The lowest BCUT2D eigenvalue weighted by molar-refractivity contribution is -0.134. The SMILES string of the molecule is COC[C@@H](OC)C(=O)NCc1ccccc1. The maximum Gasteiger partial charge on any atom is 0.251 e. The maximum atomic E-state index is 11.6. The molecule has 1 amide bonds. The van der Waals surface area contributed by atoms with E-state index >= 15 is 0 Å². The lowest BCUT2D eigenvalue weighted by Crippen LogP contribution is -2.38. The highest BCUT2D eigenvalue weighted by Gasteiger charge is 2.16. The van der Waals surface area contributed by atoms with Crippen LogP contribution in [0.2, 0.25) is 0 Å². The normalized spacial score (nSPS) is 12.1. The van der Waals surface area contributed by atoms with Crippen LogP contribution in [-0.2, 0) is 20.8 Å². The monoisotopic (exact) mass is 223 g/mol. The predicted octanol–water partition coefficient (Wildman–Crippen LogP) is 0.964. The summed E-state index contributed by atoms with van der Waals surface area (Å²) in [5.41, 5.74) is 1.06. The van der Waals surface area contributed by atoms with E-state index in [1.807, 2.05) is 30.3 Å². The first kappa shape index (κ1) is 12.7. The number of benzene rings is 1. The second-order valence-electron chi connectivity index (χ2n) is 3.38. The molecule has 0 aliphatic carbocycles. The molecule has 0 saturated heterocycles. The lowest BCUT2D eigenvalue weighted by Gasteiger charge is -2.14. The molecule has 1 N–H and O–H groups in total. The lowest BCUT2D eigenvalue weighted by atomic mass is 10.2. The van der Waals surface area contributed by atoms with E-state index in [1.165, 1.54) is 14.2 Å². The van der Waals surface area contributed by atoms with Gasteiger partial charge in [-0.3, -0.25) is 4.79 Å². The highest BCUT2D eigenvalue weighted by atomic mass is 16.5. The summed E-state index contributed by atoms with van der Waals surface area (Å²) in [6.07, 6.45) is -0.547. The van der Waals surface area contributed by atoms with Crippen LogP contribution in [0, 0.1) is 0 Å². The Morgan fingerprint density at radius 3 is 2.56 bits per heavy atom. The number of amides is 1. The van der Waals surface area contributed by atoms with Crippen molar-refractivity contribution >= 4 is 5.91 Å². The van der Waals surface area contributed by atoms with E-state index in [1.54, 1.807) is 0 Å². The Hall–Kier alpha value is -1.39. The fraction of sp³-hybridized carbons (Fsp3) is 0.417. The molecule has 0 aliphatic heterocycles. The molecule has 1 aromatic carbocycles. The van der Waals surface area contributed by atoms with Crippen LogP contribution in [0.5, 0.6) is 0 Å². The van der Waals surface area contributed by atoms with Crippen LogP contribution in [0.15, 0.2) is 30.3 Å². The van der Waals surface area contributed by atoms with E-state index in [0.717, 1.165) is 5.56 Å². The van der Waals surface area contributed by atoms with Crippen molar-refractivity contribution < 1.29 is 14.3 Å². The van der Waals surface area contributed by atoms with E-state index in [2.05, 4.69) is 5.32 Å². The van der Waals surface area contributed by atoms with E-state index in [9.17, 15) is 4.79 Å². The molecule has 0 saturated carbocycles. The first-order valence-corrected chi connectivity index (χ1v) is 5.11. The first-order chi connectivity index (χ1) is 7.77. The number of rotatable bonds is 6. The third kappa shape index (κ3) is 4.00. The highest BCUT2D eigenvalue weighted by Crippen LogP contribution is 1.98. The zero-order valence-electron chi connectivity index (χ0n) is 9.60. The van der Waals surface area contributed by atoms with Crippen molar-refractivity contribution in [1.29, 1.82) is 0 Å². The van der Waals surface area contributed by atoms with Crippen LogP contribution in [0.4, 0.5) is 0 Å². The third-order valence-corrected chi connectivity index (χ3v) is 2.20. The molecule has 4 nitrogen and oxygen atoms in total. The molecule has 0 unspecified atom stereocenters. The number of carbonyl (C=O) groups is 1. The molecule has 0 heterocycles. The van der Waals surface area contributed by atoms with Gasteiger partial charge in [-0.1, -0.05) is 30.3 Å². The minimum atomic E-state index is -0.547. The molecule has 0 spiro atoms. The highest BCUT2D eigenvalue weighted by molar-refractivity contribution is 5.80. The summed E-state index contributed by atoms with van der Waals surface area (Å²) in [5.74, 6) is -0.159. The van der Waals surface area contributed by atoms with Crippen molar-refractivity contribution in [2.45, 2.75) is 12.6 Å². The van der Waals surface area contributed by atoms with Crippen LogP contribution in [-0.4, -0.2) is 32.8 Å². The second kappa shape index (κ2) is 6.98. The predicted molar refractivity (Wildman–Crippen MR) is 61.0 cm³/mol. The van der Waals surface area contributed by atoms with Gasteiger partial charge in [0.05, 0.1) is 6.61 Å². The zero-order chi connectivity index (χ0) is 11.8. The van der Waals surface area contributed by atoms with Gasteiger partial charge in [-0.15, -0.1) is 0 Å². The molecule has 0 aromatic heterocycles. The van der Waals surface area contributed by atoms with Crippen molar-refractivity contribution in [3.8, 4) is 0 Å². The molecular formula is C12H17NO3. The van der Waals surface area contributed by atoms with Crippen LogP contribution in [0.1, 0.15) is 5.56 Å². The van der Waals surface area contributed by atoms with Crippen LogP contribution in [0.25, 0.3) is 0 Å². The number of nitrogens with one attached hydrogen (secondary N) is 1. The Bertz CT molecular complexity index is 313. The molecule has 88 valence electrons. The van der Waals surface area contributed by atoms with Crippen LogP contribution >= 0.6 is 0 Å². The Kier molecular flexibility index (Phi) is 5.53. The van der Waals surface area contributed by atoms with Crippen molar-refractivity contribution in [1.82, 2.24) is 5.32 Å². The van der Waals surface area contributed by atoms with Crippen molar-refractivity contribution in [3.05, 3.63) is 35.9 Å². The first-order valence-electron chi connectivity index (χ1n) is 5.11. The quantitative estimate of drug-likeness (QED) is 0.781. The third-order valence-electron chi connectivity index (χ3n) is 2.20. The standard InChI is InChI=1S/C12H17NO3/c1-15-9-11(16-2)12(14)13-8-10-6-4-3-5-7-10/h3-7,11H,8-9H2,1-2H3,(H,13,14)/t11-/m1/s1. The molecule has 1 atom stereocenters. The largest absolute Gasteiger partial charge is 0.381 e. The molecule has 4 heteroatoms. The number of ether oxygens (including phenoxy) is 2. The minimum absolute atomic E-state index is 0.159. The second-order valence-corrected chi connectivity index (χ2v) is 3.38. The van der Waals surface area contributed by atoms with Crippen molar-refractivity contribution in [2.75, 3.05) is 20.8 Å². The molecule has 1 rings (SSSR count). The van der Waals surface area contributed by atoms with Gasteiger partial charge in [-0.2, -0.15) is 0 Å². The number of hydrogen-bond donors (Lipinski definition) is 1. The fourth-order valence-electron chi connectivity index (χ4n) is 1.30. The fourth-order valence-corrected chi connectivity index (χ4v) is 1.30. The Balaban J connectivity index is 2.40. The topological polar surface area (TPSA) is 47.6 Å². The average molecular weight is 223 g/mol. The van der Waals surface area contributed by atoms with E-state index in [0.29, 0.717) is 6.54 Å². The summed E-state index contributed by atoms with van der Waals surface area (Å²) in [4.78, 5) is 11.6. The van der Waals surface area contributed by atoms with Gasteiger partial charge >= 0.3 is 0 Å². The molecule has 0 bridgehead atoms. The molecule has 1 aromatic rings. The average Bonchev–Trinajstić information content (AvgIpc) is 2.34. The van der Waals surface area contributed by atoms with Gasteiger partial charge in [0.2, 0.25) is 0 Å². The summed E-state index contributed by atoms with van der Waals surface area (Å²) in [6, 6.07) is 9.72. The van der Waals surface area contributed by atoms with Gasteiger partial charge in [-0.05, 0) is 5.56 Å². The zero-order valence-corrected chi connectivity index (χ0v) is 9.60. The van der Waals surface area contributed by atoms with Gasteiger partial charge in [-0.25, -0.2) is 0 Å². The number of hydrogen-bond acceptors (Lipinski definition) is 3. The molecule has 16 heavy (non-hydrogen) atoms. The maximum absolute atomic E-state index is 11.6. The van der Waals surface area contributed by atoms with Gasteiger partial charge in [0.15, 0.2) is 6.10 Å². The summed E-state index contributed by atoms with van der Waals surface area (Å²) in [7, 11) is 3.03. The van der Waals surface area contributed by atoms with Gasteiger partial charge in [0.25, 0.3) is 5.91 Å². The van der Waals surface area contributed by atoms with E-state index in [4.69, 9.17) is 9.47 Å². The summed E-state index contributed by atoms with van der Waals surface area (Å²) < 4.78 is 9.89. The Morgan fingerprint density at radius 2 is 2.00 bits per heavy atom. The molecular weight excluding hydrogens is 206 g/mol. The summed E-state index contributed by atoms with van der Waals surface area (Å²) in [6.45, 7) is 0.764. The Morgan fingerprint density at radius 1 is 1.31 bits per heavy atom. The van der Waals surface area contributed by atoms with Crippen LogP contribution in [0.3, 0.4) is 0 Å². The summed E-state index contributed by atoms with van der Waals surface area (Å²) in [5, 5.41) is 2.79. The molecule has 0 fully saturated rings. The van der Waals surface area contributed by atoms with Crippen molar-refractivity contribution in [3.63, 3.8) is 0 Å². The van der Waals surface area contributed by atoms with Gasteiger partial charge < -0.3 is 14.8 Å². The minimum Gasteiger partial charge on any atom is -0.381 e. The van der Waals surface area contributed by atoms with E-state index in [-0.39, 0.29) is 12.5 Å². The number of carbonyl (C=O) groups excluding carboxylic acids is 1. The molecule has 0 radical (unpaired) electrons. The van der Waals surface area contributed by atoms with Crippen LogP contribution < -0.4 is 5.32 Å². The smallest absolute Gasteiger partial charge is 0.251 e.